The van der Waals surface area contributed by atoms with E-state index in [1.54, 1.807) is 0 Å². The first kappa shape index (κ1) is 12.3. The SMILES string of the molecule is C.Clc1ccc2cc3c(cc2c1)-c1ccccc1C3. The Bertz CT molecular complexity index is 772. The van der Waals surface area contributed by atoms with Crippen molar-refractivity contribution in [1.29, 1.82) is 0 Å². The van der Waals surface area contributed by atoms with Gasteiger partial charge in [0.1, 0.15) is 0 Å². The van der Waals surface area contributed by atoms with Gasteiger partial charge in [0.15, 0.2) is 0 Å². The van der Waals surface area contributed by atoms with Crippen molar-refractivity contribution in [2.24, 2.45) is 0 Å². The molecule has 3 aromatic carbocycles. The van der Waals surface area contributed by atoms with Crippen LogP contribution >= 0.6 is 11.6 Å². The van der Waals surface area contributed by atoms with Crippen LogP contribution in [0.4, 0.5) is 0 Å². The monoisotopic (exact) mass is 266 g/mol. The third-order valence-electron chi connectivity index (χ3n) is 3.71. The van der Waals surface area contributed by atoms with Gasteiger partial charge in [-0.1, -0.05) is 55.4 Å². The van der Waals surface area contributed by atoms with Crippen molar-refractivity contribution in [3.8, 4) is 11.1 Å². The lowest BCUT2D eigenvalue weighted by Crippen LogP contribution is -1.81. The molecule has 4 rings (SSSR count). The lowest BCUT2D eigenvalue weighted by molar-refractivity contribution is 1.27. The lowest BCUT2D eigenvalue weighted by Gasteiger charge is -2.04. The molecular weight excluding hydrogens is 252 g/mol. The van der Waals surface area contributed by atoms with Crippen LogP contribution in [0.5, 0.6) is 0 Å². The molecule has 1 heteroatoms. The molecule has 0 saturated heterocycles. The number of halogens is 1. The first-order valence-corrected chi connectivity index (χ1v) is 6.49. The molecule has 1 aliphatic carbocycles. The summed E-state index contributed by atoms with van der Waals surface area (Å²) in [6.07, 6.45) is 1.05. The van der Waals surface area contributed by atoms with E-state index in [1.165, 1.54) is 33.0 Å². The van der Waals surface area contributed by atoms with Gasteiger partial charge in [0.2, 0.25) is 0 Å². The largest absolute Gasteiger partial charge is 0.0843 e. The van der Waals surface area contributed by atoms with E-state index in [9.17, 15) is 0 Å². The van der Waals surface area contributed by atoms with Gasteiger partial charge in [0.25, 0.3) is 0 Å². The summed E-state index contributed by atoms with van der Waals surface area (Å²) in [7, 11) is 0. The Hall–Kier alpha value is -1.79. The molecule has 94 valence electrons. The molecule has 0 atom stereocenters. The van der Waals surface area contributed by atoms with Gasteiger partial charge >= 0.3 is 0 Å². The van der Waals surface area contributed by atoms with Gasteiger partial charge in [-0.2, -0.15) is 0 Å². The third kappa shape index (κ3) is 1.84. The molecule has 0 bridgehead atoms. The molecule has 0 nitrogen and oxygen atoms in total. The Kier molecular flexibility index (Phi) is 2.83. The van der Waals surface area contributed by atoms with Crippen molar-refractivity contribution >= 4 is 22.4 Å². The second-order valence-corrected chi connectivity index (χ2v) is 5.27. The number of rotatable bonds is 0. The Morgan fingerprint density at radius 3 is 2.47 bits per heavy atom. The minimum atomic E-state index is 0. The fourth-order valence-corrected chi connectivity index (χ4v) is 3.04. The summed E-state index contributed by atoms with van der Waals surface area (Å²) in [5.41, 5.74) is 5.58. The summed E-state index contributed by atoms with van der Waals surface area (Å²) < 4.78 is 0. The number of benzene rings is 3. The maximum Gasteiger partial charge on any atom is 0.0412 e. The van der Waals surface area contributed by atoms with Gasteiger partial charge in [0, 0.05) is 5.02 Å². The van der Waals surface area contributed by atoms with Gasteiger partial charge < -0.3 is 0 Å². The smallest absolute Gasteiger partial charge is 0.0412 e. The van der Waals surface area contributed by atoms with Gasteiger partial charge in [-0.25, -0.2) is 0 Å². The molecule has 0 aliphatic heterocycles. The molecule has 0 amide bonds. The topological polar surface area (TPSA) is 0 Å². The van der Waals surface area contributed by atoms with E-state index in [-0.39, 0.29) is 7.43 Å². The molecule has 0 N–H and O–H groups in total. The summed E-state index contributed by atoms with van der Waals surface area (Å²) in [6, 6.07) is 19.3. The highest BCUT2D eigenvalue weighted by Gasteiger charge is 2.18. The summed E-state index contributed by atoms with van der Waals surface area (Å²) in [5.74, 6) is 0. The van der Waals surface area contributed by atoms with Crippen LogP contribution in [0.15, 0.2) is 54.6 Å². The molecule has 0 unspecified atom stereocenters. The first-order valence-electron chi connectivity index (χ1n) is 6.12. The van der Waals surface area contributed by atoms with Crippen LogP contribution in [-0.4, -0.2) is 0 Å². The van der Waals surface area contributed by atoms with Crippen molar-refractivity contribution in [3.05, 3.63) is 70.7 Å². The fraction of sp³-hybridized carbons (Fsp3) is 0.111. The van der Waals surface area contributed by atoms with Crippen molar-refractivity contribution in [2.75, 3.05) is 0 Å². The van der Waals surface area contributed by atoms with Crippen molar-refractivity contribution in [2.45, 2.75) is 13.8 Å². The highest BCUT2D eigenvalue weighted by molar-refractivity contribution is 6.31. The predicted octanol–water partition coefficient (Wildman–Crippen LogP) is 5.70. The second-order valence-electron chi connectivity index (χ2n) is 4.83. The molecule has 19 heavy (non-hydrogen) atoms. The lowest BCUT2D eigenvalue weighted by atomic mass is 10.0. The quantitative estimate of drug-likeness (QED) is 0.383. The highest BCUT2D eigenvalue weighted by Crippen LogP contribution is 2.39. The Morgan fingerprint density at radius 2 is 1.58 bits per heavy atom. The summed E-state index contributed by atoms with van der Waals surface area (Å²) in [4.78, 5) is 0. The predicted molar refractivity (Wildman–Crippen MR) is 83.9 cm³/mol. The van der Waals surface area contributed by atoms with Gasteiger partial charge in [-0.15, -0.1) is 0 Å². The normalized spacial score (nSPS) is 11.8. The Morgan fingerprint density at radius 1 is 0.737 bits per heavy atom. The van der Waals surface area contributed by atoms with Crippen LogP contribution in [0.25, 0.3) is 21.9 Å². The van der Waals surface area contributed by atoms with Crippen molar-refractivity contribution in [3.63, 3.8) is 0 Å². The molecular formula is C18H15Cl. The molecule has 0 radical (unpaired) electrons. The van der Waals surface area contributed by atoms with Gasteiger partial charge in [0.05, 0.1) is 0 Å². The Labute approximate surface area is 118 Å². The van der Waals surface area contributed by atoms with Gasteiger partial charge in [-0.05, 0) is 57.6 Å². The standard InChI is InChI=1S/C17H11Cl.CH4/c18-15-6-5-11-7-14-8-12-3-1-2-4-16(12)17(14)10-13(11)9-15;/h1-7,9-10H,8H2;1H4. The van der Waals surface area contributed by atoms with E-state index in [4.69, 9.17) is 11.6 Å². The van der Waals surface area contributed by atoms with E-state index >= 15 is 0 Å². The number of fused-ring (bicyclic) bond motifs is 4. The van der Waals surface area contributed by atoms with E-state index in [1.807, 2.05) is 12.1 Å². The number of hydrogen-bond acceptors (Lipinski definition) is 0. The zero-order valence-electron chi connectivity index (χ0n) is 9.78. The van der Waals surface area contributed by atoms with Crippen LogP contribution < -0.4 is 0 Å². The van der Waals surface area contributed by atoms with Gasteiger partial charge in [-0.3, -0.25) is 0 Å². The minimum absolute atomic E-state index is 0. The highest BCUT2D eigenvalue weighted by atomic mass is 35.5. The molecule has 0 spiro atoms. The van der Waals surface area contributed by atoms with Crippen molar-refractivity contribution < 1.29 is 0 Å². The average molecular weight is 267 g/mol. The van der Waals surface area contributed by atoms with Crippen LogP contribution in [0.1, 0.15) is 18.6 Å². The summed E-state index contributed by atoms with van der Waals surface area (Å²) in [6.45, 7) is 0. The molecule has 0 aromatic heterocycles. The van der Waals surface area contributed by atoms with Crippen LogP contribution in [0, 0.1) is 0 Å². The summed E-state index contributed by atoms with van der Waals surface area (Å²) in [5, 5.41) is 3.29. The molecule has 1 aliphatic rings. The molecule has 0 heterocycles. The zero-order chi connectivity index (χ0) is 12.1. The van der Waals surface area contributed by atoms with Crippen molar-refractivity contribution in [1.82, 2.24) is 0 Å². The molecule has 0 fully saturated rings. The molecule has 3 aromatic rings. The summed E-state index contributed by atoms with van der Waals surface area (Å²) >= 11 is 6.07. The van der Waals surface area contributed by atoms with E-state index in [0.717, 1.165) is 11.4 Å². The van der Waals surface area contributed by atoms with Crippen LogP contribution in [0.2, 0.25) is 5.02 Å². The number of hydrogen-bond donors (Lipinski definition) is 0. The fourth-order valence-electron chi connectivity index (χ4n) is 2.86. The maximum absolute atomic E-state index is 6.07. The average Bonchev–Trinajstić information content (AvgIpc) is 2.74. The van der Waals surface area contributed by atoms with E-state index in [0.29, 0.717) is 0 Å². The van der Waals surface area contributed by atoms with Crippen LogP contribution in [-0.2, 0) is 6.42 Å². The second kappa shape index (κ2) is 4.40. The van der Waals surface area contributed by atoms with Crippen LogP contribution in [0.3, 0.4) is 0 Å². The van der Waals surface area contributed by atoms with E-state index < -0.39 is 0 Å². The van der Waals surface area contributed by atoms with E-state index in [2.05, 4.69) is 42.5 Å². The third-order valence-corrected chi connectivity index (χ3v) is 3.95. The minimum Gasteiger partial charge on any atom is -0.0843 e. The maximum atomic E-state index is 6.07. The first-order chi connectivity index (χ1) is 8.81. The molecule has 0 saturated carbocycles. The zero-order valence-corrected chi connectivity index (χ0v) is 10.5. The Balaban J connectivity index is 0.00000110.